The Hall–Kier alpha value is -0.730. The van der Waals surface area contributed by atoms with Gasteiger partial charge in [0.1, 0.15) is 0 Å². The average molecular weight is 309 g/mol. The number of hydrogen-bond acceptors (Lipinski definition) is 2. The molecule has 0 atom stereocenters. The fourth-order valence-electron chi connectivity index (χ4n) is 2.74. The third kappa shape index (κ3) is 5.52. The smallest absolute Gasteiger partial charge is 0.0471 e. The SMILES string of the molecule is CC(C)(C)NCc1ccc(N2CCCCCCC2)cc1Cl. The Balaban J connectivity index is 2.03. The van der Waals surface area contributed by atoms with Gasteiger partial charge in [0.2, 0.25) is 0 Å². The van der Waals surface area contributed by atoms with Crippen LogP contribution in [0.4, 0.5) is 5.69 Å². The summed E-state index contributed by atoms with van der Waals surface area (Å²) in [7, 11) is 0. The summed E-state index contributed by atoms with van der Waals surface area (Å²) >= 11 is 6.48. The van der Waals surface area contributed by atoms with Gasteiger partial charge in [-0.25, -0.2) is 0 Å². The Kier molecular flexibility index (Phi) is 5.95. The number of benzene rings is 1. The molecule has 1 N–H and O–H groups in total. The summed E-state index contributed by atoms with van der Waals surface area (Å²) in [6, 6.07) is 6.55. The molecule has 1 fully saturated rings. The zero-order chi connectivity index (χ0) is 15.3. The third-order valence-electron chi connectivity index (χ3n) is 4.07. The van der Waals surface area contributed by atoms with Crippen molar-refractivity contribution in [2.75, 3.05) is 18.0 Å². The van der Waals surface area contributed by atoms with Gasteiger partial charge < -0.3 is 10.2 Å². The van der Waals surface area contributed by atoms with Gasteiger partial charge in [0.25, 0.3) is 0 Å². The van der Waals surface area contributed by atoms with Gasteiger partial charge in [-0.15, -0.1) is 0 Å². The molecule has 1 aliphatic rings. The Bertz CT molecular complexity index is 443. The van der Waals surface area contributed by atoms with Crippen LogP contribution in [-0.4, -0.2) is 18.6 Å². The number of nitrogens with zero attached hydrogens (tertiary/aromatic N) is 1. The lowest BCUT2D eigenvalue weighted by molar-refractivity contribution is 0.424. The zero-order valence-corrected chi connectivity index (χ0v) is 14.5. The quantitative estimate of drug-likeness (QED) is 0.845. The number of hydrogen-bond donors (Lipinski definition) is 1. The van der Waals surface area contributed by atoms with Gasteiger partial charge in [-0.05, 0) is 51.3 Å². The highest BCUT2D eigenvalue weighted by Gasteiger charge is 2.13. The lowest BCUT2D eigenvalue weighted by Gasteiger charge is -2.27. The van der Waals surface area contributed by atoms with Gasteiger partial charge in [-0.1, -0.05) is 36.9 Å². The van der Waals surface area contributed by atoms with Gasteiger partial charge in [0.05, 0.1) is 0 Å². The second kappa shape index (κ2) is 7.51. The molecule has 0 unspecified atom stereocenters. The van der Waals surface area contributed by atoms with E-state index in [2.05, 4.69) is 49.2 Å². The van der Waals surface area contributed by atoms with E-state index in [0.717, 1.165) is 24.7 Å². The summed E-state index contributed by atoms with van der Waals surface area (Å²) in [5, 5.41) is 4.38. The topological polar surface area (TPSA) is 15.3 Å². The molecule has 1 aromatic carbocycles. The molecular weight excluding hydrogens is 280 g/mol. The summed E-state index contributed by atoms with van der Waals surface area (Å²) in [6.45, 7) is 9.68. The van der Waals surface area contributed by atoms with Crippen LogP contribution in [0, 0.1) is 0 Å². The van der Waals surface area contributed by atoms with Crippen molar-refractivity contribution in [2.45, 2.75) is 65.0 Å². The van der Waals surface area contributed by atoms with E-state index in [1.807, 2.05) is 0 Å². The van der Waals surface area contributed by atoms with Crippen molar-refractivity contribution in [3.05, 3.63) is 28.8 Å². The van der Waals surface area contributed by atoms with Crippen LogP contribution in [0.25, 0.3) is 0 Å². The molecule has 2 rings (SSSR count). The molecule has 0 aromatic heterocycles. The molecule has 0 saturated carbocycles. The first-order chi connectivity index (χ1) is 9.96. The Morgan fingerprint density at radius 1 is 1.05 bits per heavy atom. The van der Waals surface area contributed by atoms with E-state index in [1.165, 1.54) is 43.4 Å². The van der Waals surface area contributed by atoms with Crippen molar-refractivity contribution in [2.24, 2.45) is 0 Å². The van der Waals surface area contributed by atoms with Gasteiger partial charge in [-0.3, -0.25) is 0 Å². The maximum atomic E-state index is 6.48. The van der Waals surface area contributed by atoms with Crippen LogP contribution in [-0.2, 0) is 6.54 Å². The van der Waals surface area contributed by atoms with Gasteiger partial charge >= 0.3 is 0 Å². The Labute approximate surface area is 134 Å². The second-order valence-electron chi connectivity index (χ2n) is 7.13. The largest absolute Gasteiger partial charge is 0.371 e. The summed E-state index contributed by atoms with van der Waals surface area (Å²) in [6.07, 6.45) is 6.71. The molecule has 2 nitrogen and oxygen atoms in total. The fourth-order valence-corrected chi connectivity index (χ4v) is 2.98. The number of nitrogens with one attached hydrogen (secondary N) is 1. The summed E-state index contributed by atoms with van der Waals surface area (Å²) < 4.78 is 0. The molecule has 1 aromatic rings. The highest BCUT2D eigenvalue weighted by Crippen LogP contribution is 2.26. The van der Waals surface area contributed by atoms with E-state index in [9.17, 15) is 0 Å². The molecule has 21 heavy (non-hydrogen) atoms. The molecule has 0 radical (unpaired) electrons. The van der Waals surface area contributed by atoms with Crippen molar-refractivity contribution < 1.29 is 0 Å². The number of halogens is 1. The van der Waals surface area contributed by atoms with Crippen molar-refractivity contribution in [1.29, 1.82) is 0 Å². The van der Waals surface area contributed by atoms with Crippen molar-refractivity contribution in [3.63, 3.8) is 0 Å². The van der Waals surface area contributed by atoms with Gasteiger partial charge in [0, 0.05) is 35.9 Å². The fraction of sp³-hybridized carbons (Fsp3) is 0.667. The van der Waals surface area contributed by atoms with E-state index >= 15 is 0 Å². The van der Waals surface area contributed by atoms with E-state index in [1.54, 1.807) is 0 Å². The maximum Gasteiger partial charge on any atom is 0.0471 e. The summed E-state index contributed by atoms with van der Waals surface area (Å²) in [4.78, 5) is 2.49. The first kappa shape index (κ1) is 16.6. The third-order valence-corrected chi connectivity index (χ3v) is 4.42. The molecule has 1 aliphatic heterocycles. The van der Waals surface area contributed by atoms with Crippen LogP contribution in [0.1, 0.15) is 58.4 Å². The molecule has 0 amide bonds. The molecule has 118 valence electrons. The van der Waals surface area contributed by atoms with Crippen LogP contribution in [0.3, 0.4) is 0 Å². The van der Waals surface area contributed by atoms with E-state index in [-0.39, 0.29) is 5.54 Å². The van der Waals surface area contributed by atoms with E-state index in [0.29, 0.717) is 0 Å². The molecular formula is C18H29ClN2. The summed E-state index contributed by atoms with van der Waals surface area (Å²) in [5.74, 6) is 0. The zero-order valence-electron chi connectivity index (χ0n) is 13.7. The lowest BCUT2D eigenvalue weighted by atomic mass is 10.1. The normalized spacial score (nSPS) is 17.4. The van der Waals surface area contributed by atoms with Gasteiger partial charge in [0.15, 0.2) is 0 Å². The predicted octanol–water partition coefficient (Wildman–Crippen LogP) is 5.00. The molecule has 0 bridgehead atoms. The highest BCUT2D eigenvalue weighted by molar-refractivity contribution is 6.31. The molecule has 1 saturated heterocycles. The maximum absolute atomic E-state index is 6.48. The van der Waals surface area contributed by atoms with Crippen LogP contribution < -0.4 is 10.2 Å². The molecule has 3 heteroatoms. The van der Waals surface area contributed by atoms with Crippen LogP contribution in [0.2, 0.25) is 5.02 Å². The Morgan fingerprint density at radius 2 is 1.67 bits per heavy atom. The van der Waals surface area contributed by atoms with E-state index in [4.69, 9.17) is 11.6 Å². The highest BCUT2D eigenvalue weighted by atomic mass is 35.5. The standard InChI is InChI=1S/C18H29ClN2/c1-18(2,3)20-14-15-9-10-16(13-17(15)19)21-11-7-5-4-6-8-12-21/h9-10,13,20H,4-8,11-12,14H2,1-3H3. The van der Waals surface area contributed by atoms with E-state index < -0.39 is 0 Å². The molecule has 1 heterocycles. The summed E-state index contributed by atoms with van der Waals surface area (Å²) in [5.41, 5.74) is 2.58. The number of rotatable bonds is 3. The van der Waals surface area contributed by atoms with Crippen molar-refractivity contribution in [3.8, 4) is 0 Å². The second-order valence-corrected chi connectivity index (χ2v) is 7.54. The monoisotopic (exact) mass is 308 g/mol. The van der Waals surface area contributed by atoms with Crippen molar-refractivity contribution in [1.82, 2.24) is 5.32 Å². The Morgan fingerprint density at radius 3 is 2.24 bits per heavy atom. The first-order valence-corrected chi connectivity index (χ1v) is 8.62. The van der Waals surface area contributed by atoms with Crippen molar-refractivity contribution >= 4 is 17.3 Å². The number of anilines is 1. The molecule has 0 aliphatic carbocycles. The van der Waals surface area contributed by atoms with Crippen LogP contribution >= 0.6 is 11.6 Å². The average Bonchev–Trinajstić information content (AvgIpc) is 2.36. The minimum Gasteiger partial charge on any atom is -0.371 e. The van der Waals surface area contributed by atoms with Crippen LogP contribution in [0.15, 0.2) is 18.2 Å². The minimum atomic E-state index is 0.116. The minimum absolute atomic E-state index is 0.116. The first-order valence-electron chi connectivity index (χ1n) is 8.24. The van der Waals surface area contributed by atoms with Crippen LogP contribution in [0.5, 0.6) is 0 Å². The predicted molar refractivity (Wildman–Crippen MR) is 93.3 cm³/mol. The lowest BCUT2D eigenvalue weighted by Crippen LogP contribution is -2.35. The molecule has 0 spiro atoms. The van der Waals surface area contributed by atoms with Gasteiger partial charge in [-0.2, -0.15) is 0 Å².